The van der Waals surface area contributed by atoms with Gasteiger partial charge in [-0.05, 0) is 48.4 Å². The molecule has 0 aliphatic rings. The van der Waals surface area contributed by atoms with Crippen molar-refractivity contribution in [1.82, 2.24) is 10.3 Å². The van der Waals surface area contributed by atoms with Crippen molar-refractivity contribution in [2.45, 2.75) is 26.9 Å². The molecule has 1 aromatic heterocycles. The highest BCUT2D eigenvalue weighted by molar-refractivity contribution is 6.30. The first-order valence-electron chi connectivity index (χ1n) is 7.22. The lowest BCUT2D eigenvalue weighted by molar-refractivity contribution is 0.723. The maximum absolute atomic E-state index is 6.03. The van der Waals surface area contributed by atoms with Gasteiger partial charge < -0.3 is 10.2 Å². The third-order valence-electron chi connectivity index (χ3n) is 3.36. The maximum Gasteiger partial charge on any atom is 0.131 e. The summed E-state index contributed by atoms with van der Waals surface area (Å²) in [6.45, 7) is 6.83. The zero-order chi connectivity index (χ0) is 15.2. The summed E-state index contributed by atoms with van der Waals surface area (Å²) >= 11 is 6.03. The van der Waals surface area contributed by atoms with Crippen LogP contribution in [0.4, 0.5) is 5.82 Å². The van der Waals surface area contributed by atoms with Crippen LogP contribution in [0.25, 0.3) is 0 Å². The first-order valence-corrected chi connectivity index (χ1v) is 7.59. The molecule has 0 amide bonds. The van der Waals surface area contributed by atoms with Gasteiger partial charge >= 0.3 is 0 Å². The largest absolute Gasteiger partial charge is 0.355 e. The first-order chi connectivity index (χ1) is 10.1. The minimum Gasteiger partial charge on any atom is -0.355 e. The Morgan fingerprint density at radius 2 is 2.05 bits per heavy atom. The summed E-state index contributed by atoms with van der Waals surface area (Å²) in [7, 11) is 2.06. The van der Waals surface area contributed by atoms with Crippen LogP contribution >= 0.6 is 11.6 Å². The zero-order valence-electron chi connectivity index (χ0n) is 12.9. The molecular formula is C17H22ClN3. The van der Waals surface area contributed by atoms with Crippen LogP contribution in [0.1, 0.15) is 23.6 Å². The molecule has 0 spiro atoms. The van der Waals surface area contributed by atoms with E-state index in [0.29, 0.717) is 0 Å². The summed E-state index contributed by atoms with van der Waals surface area (Å²) < 4.78 is 0. The van der Waals surface area contributed by atoms with Gasteiger partial charge in [0.2, 0.25) is 0 Å². The van der Waals surface area contributed by atoms with E-state index in [1.165, 1.54) is 16.7 Å². The van der Waals surface area contributed by atoms with Crippen LogP contribution in [-0.2, 0) is 13.1 Å². The molecule has 0 aliphatic carbocycles. The van der Waals surface area contributed by atoms with Gasteiger partial charge in [0.15, 0.2) is 0 Å². The Morgan fingerprint density at radius 1 is 1.24 bits per heavy atom. The Morgan fingerprint density at radius 3 is 2.71 bits per heavy atom. The number of nitrogens with zero attached hydrogens (tertiary/aromatic N) is 2. The van der Waals surface area contributed by atoms with Gasteiger partial charge in [-0.3, -0.25) is 0 Å². The molecule has 0 atom stereocenters. The Bertz CT molecular complexity index is 598. The van der Waals surface area contributed by atoms with E-state index in [4.69, 9.17) is 11.6 Å². The second-order valence-corrected chi connectivity index (χ2v) is 5.69. The fraction of sp³-hybridized carbons (Fsp3) is 0.353. The molecule has 112 valence electrons. The molecular weight excluding hydrogens is 282 g/mol. The Labute approximate surface area is 132 Å². The highest BCUT2D eigenvalue weighted by Crippen LogP contribution is 2.20. The quantitative estimate of drug-likeness (QED) is 0.880. The lowest BCUT2D eigenvalue weighted by Gasteiger charge is -2.21. The number of anilines is 1. The van der Waals surface area contributed by atoms with Crippen LogP contribution in [0.2, 0.25) is 5.02 Å². The van der Waals surface area contributed by atoms with Crippen molar-refractivity contribution in [2.75, 3.05) is 18.5 Å². The Balaban J connectivity index is 2.10. The average Bonchev–Trinajstić information content (AvgIpc) is 2.45. The van der Waals surface area contributed by atoms with Gasteiger partial charge in [0.05, 0.1) is 0 Å². The van der Waals surface area contributed by atoms with Crippen LogP contribution in [0, 0.1) is 6.92 Å². The van der Waals surface area contributed by atoms with Crippen LogP contribution in [0.5, 0.6) is 0 Å². The Kier molecular flexibility index (Phi) is 5.59. The summed E-state index contributed by atoms with van der Waals surface area (Å²) in [6, 6.07) is 10.1. The Hall–Kier alpha value is -1.58. The number of aryl methyl sites for hydroxylation is 1. The smallest absolute Gasteiger partial charge is 0.131 e. The molecule has 0 radical (unpaired) electrons. The zero-order valence-corrected chi connectivity index (χ0v) is 13.6. The molecule has 1 N–H and O–H groups in total. The van der Waals surface area contributed by atoms with E-state index in [9.17, 15) is 0 Å². The predicted molar refractivity (Wildman–Crippen MR) is 89.9 cm³/mol. The lowest BCUT2D eigenvalue weighted by Crippen LogP contribution is -2.19. The number of benzene rings is 1. The molecule has 0 aliphatic heterocycles. The molecule has 0 unspecified atom stereocenters. The van der Waals surface area contributed by atoms with Crippen molar-refractivity contribution in [3.63, 3.8) is 0 Å². The van der Waals surface area contributed by atoms with Gasteiger partial charge in [-0.2, -0.15) is 0 Å². The fourth-order valence-corrected chi connectivity index (χ4v) is 2.59. The molecule has 0 fully saturated rings. The van der Waals surface area contributed by atoms with Crippen LogP contribution < -0.4 is 10.2 Å². The standard InChI is InChI=1S/C17H22ClN3/c1-4-19-10-15-8-13(2)17(20-11-15)21(3)12-14-6-5-7-16(18)9-14/h5-9,11,19H,4,10,12H2,1-3H3. The normalized spacial score (nSPS) is 10.7. The molecule has 0 bridgehead atoms. The van der Waals surface area contributed by atoms with Crippen molar-refractivity contribution in [1.29, 1.82) is 0 Å². The monoisotopic (exact) mass is 303 g/mol. The van der Waals surface area contributed by atoms with Gasteiger partial charge in [0.25, 0.3) is 0 Å². The van der Waals surface area contributed by atoms with Gasteiger partial charge in [-0.1, -0.05) is 30.7 Å². The van der Waals surface area contributed by atoms with Crippen LogP contribution in [0.3, 0.4) is 0 Å². The van der Waals surface area contributed by atoms with E-state index in [-0.39, 0.29) is 0 Å². The van der Waals surface area contributed by atoms with Gasteiger partial charge in [0, 0.05) is 31.4 Å². The van der Waals surface area contributed by atoms with Gasteiger partial charge in [-0.25, -0.2) is 4.98 Å². The molecule has 1 aromatic carbocycles. The molecule has 4 heteroatoms. The van der Waals surface area contributed by atoms with Crippen molar-refractivity contribution in [3.8, 4) is 0 Å². The molecule has 1 heterocycles. The third-order valence-corrected chi connectivity index (χ3v) is 3.59. The number of pyridine rings is 1. The third kappa shape index (κ3) is 4.45. The van der Waals surface area contributed by atoms with Crippen LogP contribution in [0.15, 0.2) is 36.5 Å². The number of hydrogen-bond acceptors (Lipinski definition) is 3. The van der Waals surface area contributed by atoms with E-state index in [0.717, 1.165) is 30.5 Å². The van der Waals surface area contributed by atoms with Gasteiger partial charge in [-0.15, -0.1) is 0 Å². The molecule has 21 heavy (non-hydrogen) atoms. The highest BCUT2D eigenvalue weighted by Gasteiger charge is 2.08. The molecule has 2 rings (SSSR count). The molecule has 2 aromatic rings. The number of aromatic nitrogens is 1. The summed E-state index contributed by atoms with van der Waals surface area (Å²) in [4.78, 5) is 6.75. The molecule has 0 saturated heterocycles. The summed E-state index contributed by atoms with van der Waals surface area (Å²) in [5.74, 6) is 1.01. The fourth-order valence-electron chi connectivity index (χ4n) is 2.38. The average molecular weight is 304 g/mol. The second kappa shape index (κ2) is 7.43. The maximum atomic E-state index is 6.03. The minimum absolute atomic E-state index is 0.770. The predicted octanol–water partition coefficient (Wildman–Crippen LogP) is 3.79. The number of halogens is 1. The molecule has 0 saturated carbocycles. The second-order valence-electron chi connectivity index (χ2n) is 5.25. The molecule has 3 nitrogen and oxygen atoms in total. The highest BCUT2D eigenvalue weighted by atomic mass is 35.5. The van der Waals surface area contributed by atoms with E-state index < -0.39 is 0 Å². The van der Waals surface area contributed by atoms with E-state index in [1.54, 1.807) is 0 Å². The van der Waals surface area contributed by atoms with E-state index in [2.05, 4.69) is 48.2 Å². The number of rotatable bonds is 6. The van der Waals surface area contributed by atoms with E-state index >= 15 is 0 Å². The topological polar surface area (TPSA) is 28.2 Å². The van der Waals surface area contributed by atoms with E-state index in [1.807, 2.05) is 24.4 Å². The summed E-state index contributed by atoms with van der Waals surface area (Å²) in [5.41, 5.74) is 3.59. The van der Waals surface area contributed by atoms with Crippen LogP contribution in [-0.4, -0.2) is 18.6 Å². The van der Waals surface area contributed by atoms with Crippen molar-refractivity contribution in [2.24, 2.45) is 0 Å². The van der Waals surface area contributed by atoms with Crippen molar-refractivity contribution < 1.29 is 0 Å². The summed E-state index contributed by atoms with van der Waals surface area (Å²) in [6.07, 6.45) is 1.94. The summed E-state index contributed by atoms with van der Waals surface area (Å²) in [5, 5.41) is 4.09. The first kappa shape index (κ1) is 15.8. The van der Waals surface area contributed by atoms with Crippen molar-refractivity contribution in [3.05, 3.63) is 58.2 Å². The number of nitrogens with one attached hydrogen (secondary N) is 1. The number of hydrogen-bond donors (Lipinski definition) is 1. The lowest BCUT2D eigenvalue weighted by atomic mass is 10.1. The SMILES string of the molecule is CCNCc1cnc(N(C)Cc2cccc(Cl)c2)c(C)c1. The van der Waals surface area contributed by atoms with Crippen molar-refractivity contribution >= 4 is 17.4 Å². The van der Waals surface area contributed by atoms with Gasteiger partial charge in [0.1, 0.15) is 5.82 Å². The minimum atomic E-state index is 0.770.